The lowest BCUT2D eigenvalue weighted by molar-refractivity contribution is 0.415. The zero-order valence-electron chi connectivity index (χ0n) is 8.90. The monoisotopic (exact) mass is 213 g/mol. The normalized spacial score (nSPS) is 10.0. The summed E-state index contributed by atoms with van der Waals surface area (Å²) in [6.07, 6.45) is 0.216. The van der Waals surface area contributed by atoms with E-state index in [0.29, 0.717) is 5.56 Å². The molecular weight excluding hydrogens is 202 g/mol. The highest BCUT2D eigenvalue weighted by Crippen LogP contribution is 2.31. The van der Waals surface area contributed by atoms with Crippen molar-refractivity contribution in [1.82, 2.24) is 0 Å². The van der Waals surface area contributed by atoms with Gasteiger partial charge in [0.15, 0.2) is 0 Å². The van der Waals surface area contributed by atoms with E-state index in [9.17, 15) is 5.11 Å². The Hall–Kier alpha value is -2.21. The van der Waals surface area contributed by atoms with Gasteiger partial charge < -0.3 is 9.84 Å². The van der Waals surface area contributed by atoms with Crippen molar-refractivity contribution in [1.29, 1.82) is 5.26 Å². The first-order valence-corrected chi connectivity index (χ1v) is 4.92. The average Bonchev–Trinajstić information content (AvgIpc) is 2.32. The Labute approximate surface area is 93.5 Å². The zero-order valence-corrected chi connectivity index (χ0v) is 8.90. The SMILES string of the molecule is COc1ccc2c(O)c(CC#N)ccc2c1. The van der Waals surface area contributed by atoms with E-state index in [-0.39, 0.29) is 12.2 Å². The molecule has 0 saturated heterocycles. The Kier molecular flexibility index (Phi) is 2.65. The fourth-order valence-corrected chi connectivity index (χ4v) is 1.69. The molecule has 3 heteroatoms. The number of methoxy groups -OCH3 is 1. The van der Waals surface area contributed by atoms with Crippen LogP contribution in [0.3, 0.4) is 0 Å². The summed E-state index contributed by atoms with van der Waals surface area (Å²) in [5.74, 6) is 0.932. The summed E-state index contributed by atoms with van der Waals surface area (Å²) >= 11 is 0. The number of aromatic hydroxyl groups is 1. The van der Waals surface area contributed by atoms with Crippen LogP contribution < -0.4 is 4.74 Å². The number of phenolic OH excluding ortho intramolecular Hbond substituents is 1. The number of ether oxygens (including phenoxy) is 1. The van der Waals surface area contributed by atoms with Gasteiger partial charge in [0.2, 0.25) is 0 Å². The van der Waals surface area contributed by atoms with Crippen LogP contribution in [0.4, 0.5) is 0 Å². The van der Waals surface area contributed by atoms with Crippen molar-refractivity contribution < 1.29 is 9.84 Å². The quantitative estimate of drug-likeness (QED) is 0.834. The predicted octanol–water partition coefficient (Wildman–Crippen LogP) is 2.62. The summed E-state index contributed by atoms with van der Waals surface area (Å²) in [6.45, 7) is 0. The summed E-state index contributed by atoms with van der Waals surface area (Å²) in [5.41, 5.74) is 0.653. The maximum absolute atomic E-state index is 9.95. The number of rotatable bonds is 2. The molecular formula is C13H11NO2. The fraction of sp³-hybridized carbons (Fsp3) is 0.154. The van der Waals surface area contributed by atoms with Crippen LogP contribution in [0.15, 0.2) is 30.3 Å². The van der Waals surface area contributed by atoms with E-state index in [2.05, 4.69) is 0 Å². The average molecular weight is 213 g/mol. The van der Waals surface area contributed by atoms with Crippen molar-refractivity contribution in [3.63, 3.8) is 0 Å². The molecule has 0 radical (unpaired) electrons. The number of nitriles is 1. The molecule has 3 nitrogen and oxygen atoms in total. The number of hydrogen-bond acceptors (Lipinski definition) is 3. The van der Waals surface area contributed by atoms with Gasteiger partial charge in [0, 0.05) is 10.9 Å². The topological polar surface area (TPSA) is 53.2 Å². The maximum atomic E-state index is 9.95. The van der Waals surface area contributed by atoms with Gasteiger partial charge in [-0.05, 0) is 23.6 Å². The van der Waals surface area contributed by atoms with Crippen molar-refractivity contribution in [2.24, 2.45) is 0 Å². The zero-order chi connectivity index (χ0) is 11.5. The standard InChI is InChI=1S/C13H11NO2/c1-16-11-4-5-12-10(8-11)3-2-9(6-7-14)13(12)15/h2-5,8,15H,6H2,1H3. The van der Waals surface area contributed by atoms with E-state index in [1.807, 2.05) is 18.2 Å². The van der Waals surface area contributed by atoms with Gasteiger partial charge >= 0.3 is 0 Å². The minimum atomic E-state index is 0.182. The molecule has 0 bridgehead atoms. The van der Waals surface area contributed by atoms with Crippen molar-refractivity contribution in [2.75, 3.05) is 7.11 Å². The Bertz CT molecular complexity index is 570. The minimum absolute atomic E-state index is 0.182. The second-order valence-electron chi connectivity index (χ2n) is 3.50. The van der Waals surface area contributed by atoms with Crippen LogP contribution in [-0.2, 0) is 6.42 Å². The third kappa shape index (κ3) is 1.66. The highest BCUT2D eigenvalue weighted by Gasteiger charge is 2.06. The van der Waals surface area contributed by atoms with Crippen molar-refractivity contribution in [3.05, 3.63) is 35.9 Å². The van der Waals surface area contributed by atoms with Crippen LogP contribution in [0.5, 0.6) is 11.5 Å². The van der Waals surface area contributed by atoms with Crippen molar-refractivity contribution in [2.45, 2.75) is 6.42 Å². The molecule has 2 rings (SSSR count). The fourth-order valence-electron chi connectivity index (χ4n) is 1.69. The summed E-state index contributed by atoms with van der Waals surface area (Å²) < 4.78 is 5.11. The number of nitrogens with zero attached hydrogens (tertiary/aromatic N) is 1. The first kappa shape index (κ1) is 10.3. The number of hydrogen-bond donors (Lipinski definition) is 1. The number of phenols is 1. The second-order valence-corrected chi connectivity index (χ2v) is 3.50. The molecule has 0 fully saturated rings. The van der Waals surface area contributed by atoms with E-state index in [1.165, 1.54) is 0 Å². The molecule has 0 saturated carbocycles. The van der Waals surface area contributed by atoms with Crippen LogP contribution in [0.2, 0.25) is 0 Å². The highest BCUT2D eigenvalue weighted by atomic mass is 16.5. The Morgan fingerprint density at radius 3 is 2.81 bits per heavy atom. The van der Waals surface area contributed by atoms with E-state index in [0.717, 1.165) is 16.5 Å². The number of benzene rings is 2. The van der Waals surface area contributed by atoms with Gasteiger partial charge in [0.25, 0.3) is 0 Å². The highest BCUT2D eigenvalue weighted by molar-refractivity contribution is 5.90. The molecule has 2 aromatic carbocycles. The predicted molar refractivity (Wildman–Crippen MR) is 61.5 cm³/mol. The molecule has 0 aromatic heterocycles. The van der Waals surface area contributed by atoms with Gasteiger partial charge in [0.1, 0.15) is 11.5 Å². The summed E-state index contributed by atoms with van der Waals surface area (Å²) in [5, 5.41) is 20.2. The van der Waals surface area contributed by atoms with Gasteiger partial charge in [-0.3, -0.25) is 0 Å². The largest absolute Gasteiger partial charge is 0.507 e. The van der Waals surface area contributed by atoms with Gasteiger partial charge in [-0.1, -0.05) is 12.1 Å². The van der Waals surface area contributed by atoms with Crippen LogP contribution in [-0.4, -0.2) is 12.2 Å². The van der Waals surface area contributed by atoms with Crippen molar-refractivity contribution >= 4 is 10.8 Å². The molecule has 0 heterocycles. The lowest BCUT2D eigenvalue weighted by Crippen LogP contribution is -1.86. The maximum Gasteiger partial charge on any atom is 0.127 e. The van der Waals surface area contributed by atoms with Crippen LogP contribution in [0, 0.1) is 11.3 Å². The van der Waals surface area contributed by atoms with E-state index >= 15 is 0 Å². The molecule has 16 heavy (non-hydrogen) atoms. The summed E-state index contributed by atoms with van der Waals surface area (Å²) in [4.78, 5) is 0. The van der Waals surface area contributed by atoms with Crippen LogP contribution in [0.25, 0.3) is 10.8 Å². The molecule has 0 spiro atoms. The van der Waals surface area contributed by atoms with Gasteiger partial charge in [-0.15, -0.1) is 0 Å². The smallest absolute Gasteiger partial charge is 0.127 e. The Morgan fingerprint density at radius 1 is 1.31 bits per heavy atom. The lowest BCUT2D eigenvalue weighted by atomic mass is 10.0. The first-order valence-electron chi connectivity index (χ1n) is 4.92. The van der Waals surface area contributed by atoms with Gasteiger partial charge in [-0.25, -0.2) is 0 Å². The second kappa shape index (κ2) is 4.11. The molecule has 0 aliphatic rings. The Morgan fingerprint density at radius 2 is 2.12 bits per heavy atom. The third-order valence-electron chi connectivity index (χ3n) is 2.55. The molecule has 80 valence electrons. The van der Waals surface area contributed by atoms with Crippen molar-refractivity contribution in [3.8, 4) is 17.6 Å². The molecule has 0 aliphatic heterocycles. The van der Waals surface area contributed by atoms with E-state index in [1.54, 1.807) is 25.3 Å². The molecule has 1 N–H and O–H groups in total. The lowest BCUT2D eigenvalue weighted by Gasteiger charge is -2.07. The summed E-state index contributed by atoms with van der Waals surface area (Å²) in [7, 11) is 1.60. The van der Waals surface area contributed by atoms with Crippen LogP contribution >= 0.6 is 0 Å². The molecule has 2 aromatic rings. The number of fused-ring (bicyclic) bond motifs is 1. The van der Waals surface area contributed by atoms with E-state index in [4.69, 9.17) is 10.00 Å². The molecule has 0 unspecified atom stereocenters. The summed E-state index contributed by atoms with van der Waals surface area (Å²) in [6, 6.07) is 11.1. The van der Waals surface area contributed by atoms with Gasteiger partial charge in [-0.2, -0.15) is 5.26 Å². The molecule has 0 amide bonds. The molecule has 0 atom stereocenters. The van der Waals surface area contributed by atoms with Crippen LogP contribution in [0.1, 0.15) is 5.56 Å². The third-order valence-corrected chi connectivity index (χ3v) is 2.55. The van der Waals surface area contributed by atoms with Gasteiger partial charge in [0.05, 0.1) is 19.6 Å². The molecule has 0 aliphatic carbocycles. The minimum Gasteiger partial charge on any atom is -0.507 e. The van der Waals surface area contributed by atoms with E-state index < -0.39 is 0 Å². The Balaban J connectivity index is 2.63. The first-order chi connectivity index (χ1) is 7.76.